The van der Waals surface area contributed by atoms with Gasteiger partial charge in [-0.3, -0.25) is 14.4 Å². The summed E-state index contributed by atoms with van der Waals surface area (Å²) in [5.41, 5.74) is 1.80. The molecule has 1 aromatic heterocycles. The van der Waals surface area contributed by atoms with E-state index in [1.165, 1.54) is 6.26 Å². The Morgan fingerprint density at radius 2 is 1.81 bits per heavy atom. The van der Waals surface area contributed by atoms with E-state index in [0.717, 1.165) is 17.7 Å². The average molecular weight is 357 g/mol. The second-order valence-electron chi connectivity index (χ2n) is 5.67. The Labute approximate surface area is 152 Å². The summed E-state index contributed by atoms with van der Waals surface area (Å²) in [4.78, 5) is 35.3. The van der Waals surface area contributed by atoms with E-state index < -0.39 is 0 Å². The molecule has 0 saturated carbocycles. The Hall–Kier alpha value is -3.09. The van der Waals surface area contributed by atoms with Gasteiger partial charge in [0.2, 0.25) is 11.8 Å². The zero-order valence-corrected chi connectivity index (χ0v) is 14.7. The van der Waals surface area contributed by atoms with Crippen molar-refractivity contribution in [3.8, 4) is 0 Å². The van der Waals surface area contributed by atoms with Crippen LogP contribution in [0.1, 0.15) is 35.9 Å². The van der Waals surface area contributed by atoms with E-state index >= 15 is 0 Å². The van der Waals surface area contributed by atoms with Crippen LogP contribution in [0, 0.1) is 0 Å². The van der Waals surface area contributed by atoms with Crippen LogP contribution in [0.15, 0.2) is 47.1 Å². The van der Waals surface area contributed by atoms with Gasteiger partial charge in [-0.25, -0.2) is 0 Å². The third kappa shape index (κ3) is 6.08. The number of anilines is 1. The first-order valence-electron chi connectivity index (χ1n) is 8.56. The second kappa shape index (κ2) is 10.0. The summed E-state index contributed by atoms with van der Waals surface area (Å²) in [6, 6.07) is 10.8. The first-order chi connectivity index (χ1) is 12.6. The summed E-state index contributed by atoms with van der Waals surface area (Å²) >= 11 is 0. The van der Waals surface area contributed by atoms with Gasteiger partial charge in [0, 0.05) is 18.7 Å². The molecule has 0 radical (unpaired) electrons. The third-order valence-electron chi connectivity index (χ3n) is 3.73. The maximum absolute atomic E-state index is 11.9. The van der Waals surface area contributed by atoms with Gasteiger partial charge in [-0.2, -0.15) is 0 Å². The molecule has 138 valence electrons. The number of rotatable bonds is 9. The molecule has 26 heavy (non-hydrogen) atoms. The van der Waals surface area contributed by atoms with Gasteiger partial charge in [-0.1, -0.05) is 25.1 Å². The minimum Gasteiger partial charge on any atom is -0.459 e. The molecule has 0 unspecified atom stereocenters. The van der Waals surface area contributed by atoms with Gasteiger partial charge in [0.15, 0.2) is 5.76 Å². The topological polar surface area (TPSA) is 100 Å². The van der Waals surface area contributed by atoms with Crippen LogP contribution >= 0.6 is 0 Å². The van der Waals surface area contributed by atoms with Crippen molar-refractivity contribution in [2.75, 3.05) is 18.4 Å². The first-order valence-corrected chi connectivity index (χ1v) is 8.56. The SMILES string of the molecule is CCc1ccccc1NC(=O)CNC(=O)CCCNC(=O)c1ccco1. The lowest BCUT2D eigenvalue weighted by molar-refractivity contribution is -0.124. The molecule has 7 nitrogen and oxygen atoms in total. The van der Waals surface area contributed by atoms with Gasteiger partial charge in [0.1, 0.15) is 0 Å². The van der Waals surface area contributed by atoms with Crippen LogP contribution in [0.5, 0.6) is 0 Å². The van der Waals surface area contributed by atoms with E-state index in [1.807, 2.05) is 31.2 Å². The highest BCUT2D eigenvalue weighted by Gasteiger charge is 2.09. The lowest BCUT2D eigenvalue weighted by atomic mass is 10.1. The van der Waals surface area contributed by atoms with E-state index in [1.54, 1.807) is 12.1 Å². The van der Waals surface area contributed by atoms with Crippen molar-refractivity contribution in [3.63, 3.8) is 0 Å². The minimum atomic E-state index is -0.315. The summed E-state index contributed by atoms with van der Waals surface area (Å²) in [5, 5.41) is 8.03. The number of para-hydroxylation sites is 1. The number of carbonyl (C=O) groups is 3. The van der Waals surface area contributed by atoms with Crippen molar-refractivity contribution in [1.82, 2.24) is 10.6 Å². The predicted octanol–water partition coefficient (Wildman–Crippen LogP) is 2.11. The fraction of sp³-hybridized carbons (Fsp3) is 0.316. The molecule has 2 rings (SSSR count). The quantitative estimate of drug-likeness (QED) is 0.598. The van der Waals surface area contributed by atoms with Gasteiger partial charge in [-0.05, 0) is 36.6 Å². The van der Waals surface area contributed by atoms with Crippen molar-refractivity contribution in [2.24, 2.45) is 0 Å². The molecule has 0 spiro atoms. The molecule has 1 heterocycles. The van der Waals surface area contributed by atoms with Crippen LogP contribution in [-0.4, -0.2) is 30.8 Å². The number of carbonyl (C=O) groups excluding carboxylic acids is 3. The number of hydrogen-bond donors (Lipinski definition) is 3. The molecule has 2 aromatic rings. The van der Waals surface area contributed by atoms with Crippen LogP contribution < -0.4 is 16.0 Å². The molecular formula is C19H23N3O4. The van der Waals surface area contributed by atoms with E-state index in [0.29, 0.717) is 13.0 Å². The highest BCUT2D eigenvalue weighted by atomic mass is 16.3. The smallest absolute Gasteiger partial charge is 0.286 e. The average Bonchev–Trinajstić information content (AvgIpc) is 3.18. The molecule has 1 aromatic carbocycles. The number of amides is 3. The van der Waals surface area contributed by atoms with Crippen LogP contribution in [0.3, 0.4) is 0 Å². The normalized spacial score (nSPS) is 10.2. The molecule has 0 fully saturated rings. The van der Waals surface area contributed by atoms with Gasteiger partial charge in [0.25, 0.3) is 5.91 Å². The van der Waals surface area contributed by atoms with Gasteiger partial charge in [-0.15, -0.1) is 0 Å². The molecule has 7 heteroatoms. The van der Waals surface area contributed by atoms with E-state index in [2.05, 4.69) is 16.0 Å². The monoisotopic (exact) mass is 357 g/mol. The fourth-order valence-electron chi connectivity index (χ4n) is 2.36. The highest BCUT2D eigenvalue weighted by Crippen LogP contribution is 2.14. The number of hydrogen-bond acceptors (Lipinski definition) is 4. The summed E-state index contributed by atoms with van der Waals surface area (Å²) in [5.74, 6) is -0.593. The lowest BCUT2D eigenvalue weighted by Gasteiger charge is -2.10. The molecule has 0 atom stereocenters. The molecular weight excluding hydrogens is 334 g/mol. The molecule has 0 aliphatic heterocycles. The van der Waals surface area contributed by atoms with Crippen molar-refractivity contribution in [2.45, 2.75) is 26.2 Å². The van der Waals surface area contributed by atoms with Crippen molar-refractivity contribution < 1.29 is 18.8 Å². The standard InChI is InChI=1S/C19H23N3O4/c1-2-14-7-3-4-8-15(14)22-18(24)13-21-17(23)10-5-11-20-19(25)16-9-6-12-26-16/h3-4,6-9,12H,2,5,10-11,13H2,1H3,(H,20,25)(H,21,23)(H,22,24). The van der Waals surface area contributed by atoms with E-state index in [9.17, 15) is 14.4 Å². The van der Waals surface area contributed by atoms with E-state index in [4.69, 9.17) is 4.42 Å². The van der Waals surface area contributed by atoms with Crippen LogP contribution in [0.2, 0.25) is 0 Å². The number of aryl methyl sites for hydroxylation is 1. The fourth-order valence-corrected chi connectivity index (χ4v) is 2.36. The predicted molar refractivity (Wildman–Crippen MR) is 97.7 cm³/mol. The van der Waals surface area contributed by atoms with Crippen LogP contribution in [0.4, 0.5) is 5.69 Å². The Morgan fingerprint density at radius 1 is 1.00 bits per heavy atom. The van der Waals surface area contributed by atoms with Crippen LogP contribution in [0.25, 0.3) is 0 Å². The lowest BCUT2D eigenvalue weighted by Crippen LogP contribution is -2.33. The number of nitrogens with one attached hydrogen (secondary N) is 3. The summed E-state index contributed by atoms with van der Waals surface area (Å²) in [6.07, 6.45) is 2.93. The number of benzene rings is 1. The maximum Gasteiger partial charge on any atom is 0.286 e. The zero-order valence-electron chi connectivity index (χ0n) is 14.7. The summed E-state index contributed by atoms with van der Waals surface area (Å²) in [7, 11) is 0. The first kappa shape index (κ1) is 19.2. The van der Waals surface area contributed by atoms with Gasteiger partial charge < -0.3 is 20.4 Å². The number of furan rings is 1. The second-order valence-corrected chi connectivity index (χ2v) is 5.67. The van der Waals surface area contributed by atoms with Crippen molar-refractivity contribution >= 4 is 23.4 Å². The Bertz CT molecular complexity index is 741. The molecule has 0 bridgehead atoms. The molecule has 3 N–H and O–H groups in total. The van der Waals surface area contributed by atoms with Crippen molar-refractivity contribution in [1.29, 1.82) is 0 Å². The van der Waals surface area contributed by atoms with E-state index in [-0.39, 0.29) is 36.4 Å². The largest absolute Gasteiger partial charge is 0.459 e. The van der Waals surface area contributed by atoms with Gasteiger partial charge in [0.05, 0.1) is 12.8 Å². The summed E-state index contributed by atoms with van der Waals surface area (Å²) in [6.45, 7) is 2.27. The van der Waals surface area contributed by atoms with Gasteiger partial charge >= 0.3 is 0 Å². The highest BCUT2D eigenvalue weighted by molar-refractivity contribution is 5.95. The molecule has 0 aliphatic rings. The third-order valence-corrected chi connectivity index (χ3v) is 3.73. The summed E-state index contributed by atoms with van der Waals surface area (Å²) < 4.78 is 4.97. The minimum absolute atomic E-state index is 0.0877. The molecule has 3 amide bonds. The zero-order chi connectivity index (χ0) is 18.8. The molecule has 0 saturated heterocycles. The Balaban J connectivity index is 1.62. The Kier molecular flexibility index (Phi) is 7.42. The van der Waals surface area contributed by atoms with Crippen molar-refractivity contribution in [3.05, 3.63) is 54.0 Å². The molecule has 0 aliphatic carbocycles. The van der Waals surface area contributed by atoms with Crippen LogP contribution in [-0.2, 0) is 16.0 Å². The Morgan fingerprint density at radius 3 is 2.54 bits per heavy atom. The maximum atomic E-state index is 11.9.